The summed E-state index contributed by atoms with van der Waals surface area (Å²) < 4.78 is 5.34. The molecule has 2 fully saturated rings. The lowest BCUT2D eigenvalue weighted by Crippen LogP contribution is -2.53. The first-order valence-electron chi connectivity index (χ1n) is 7.83. The molecule has 1 aromatic rings. The molecule has 1 atom stereocenters. The summed E-state index contributed by atoms with van der Waals surface area (Å²) in [7, 11) is 4.16. The Balaban J connectivity index is 1.76. The highest BCUT2D eigenvalue weighted by Gasteiger charge is 2.42. The molecule has 0 spiro atoms. The number of likely N-dealkylation sites (tertiary alicyclic amines) is 1. The van der Waals surface area contributed by atoms with Gasteiger partial charge in [-0.3, -0.25) is 4.90 Å². The summed E-state index contributed by atoms with van der Waals surface area (Å²) in [6.45, 7) is 3.70. The Morgan fingerprint density at radius 2 is 2.19 bits per heavy atom. The molecular weight excluding hydrogens is 264 g/mol. The van der Waals surface area contributed by atoms with Gasteiger partial charge in [-0.2, -0.15) is 0 Å². The summed E-state index contributed by atoms with van der Waals surface area (Å²) in [5.74, 6) is 0. The van der Waals surface area contributed by atoms with Gasteiger partial charge < -0.3 is 14.7 Å². The molecule has 1 N–H and O–H groups in total. The van der Waals surface area contributed by atoms with Crippen molar-refractivity contribution in [3.63, 3.8) is 0 Å². The molecule has 2 heterocycles. The highest BCUT2D eigenvalue weighted by molar-refractivity contribution is 5.48. The molecule has 4 nitrogen and oxygen atoms in total. The maximum atomic E-state index is 9.66. The number of anilines is 1. The fraction of sp³-hybridized carbons (Fsp3) is 0.647. The number of hydrogen-bond donors (Lipinski definition) is 1. The van der Waals surface area contributed by atoms with Gasteiger partial charge in [-0.15, -0.1) is 0 Å². The smallest absolute Gasteiger partial charge is 0.0579 e. The molecule has 0 radical (unpaired) electrons. The minimum absolute atomic E-state index is 0.0260. The SMILES string of the molecule is CN(C)c1cccc(C2CCCN2CC2(CO)COC2)c1. The zero-order valence-electron chi connectivity index (χ0n) is 13.1. The van der Waals surface area contributed by atoms with Crippen LogP contribution in [0.15, 0.2) is 24.3 Å². The van der Waals surface area contributed by atoms with E-state index < -0.39 is 0 Å². The van der Waals surface area contributed by atoms with Crippen molar-refractivity contribution in [1.82, 2.24) is 4.90 Å². The Hall–Kier alpha value is -1.10. The number of ether oxygens (including phenoxy) is 1. The van der Waals surface area contributed by atoms with Gasteiger partial charge in [0.2, 0.25) is 0 Å². The zero-order valence-corrected chi connectivity index (χ0v) is 13.1. The second kappa shape index (κ2) is 5.95. The van der Waals surface area contributed by atoms with E-state index in [1.54, 1.807) is 0 Å². The first kappa shape index (κ1) is 14.8. The van der Waals surface area contributed by atoms with E-state index in [0.29, 0.717) is 19.3 Å². The molecule has 0 amide bonds. The van der Waals surface area contributed by atoms with Crippen molar-refractivity contribution in [3.05, 3.63) is 29.8 Å². The van der Waals surface area contributed by atoms with Gasteiger partial charge in [0.25, 0.3) is 0 Å². The predicted octanol–water partition coefficient (Wildman–Crippen LogP) is 1.90. The Morgan fingerprint density at radius 1 is 1.38 bits per heavy atom. The first-order valence-corrected chi connectivity index (χ1v) is 7.83. The van der Waals surface area contributed by atoms with Crippen LogP contribution in [0.25, 0.3) is 0 Å². The van der Waals surface area contributed by atoms with Gasteiger partial charge in [0.05, 0.1) is 25.2 Å². The van der Waals surface area contributed by atoms with E-state index in [1.165, 1.54) is 24.1 Å². The van der Waals surface area contributed by atoms with Gasteiger partial charge in [-0.05, 0) is 37.1 Å². The van der Waals surface area contributed by atoms with Gasteiger partial charge >= 0.3 is 0 Å². The maximum absolute atomic E-state index is 9.66. The molecule has 2 aliphatic heterocycles. The lowest BCUT2D eigenvalue weighted by atomic mass is 9.86. The quantitative estimate of drug-likeness (QED) is 0.898. The van der Waals surface area contributed by atoms with Crippen LogP contribution in [0.1, 0.15) is 24.4 Å². The van der Waals surface area contributed by atoms with Crippen LogP contribution in [0, 0.1) is 5.41 Å². The molecule has 4 heteroatoms. The number of rotatable bonds is 5. The number of aliphatic hydroxyl groups is 1. The number of aliphatic hydroxyl groups excluding tert-OH is 1. The van der Waals surface area contributed by atoms with E-state index in [4.69, 9.17) is 4.74 Å². The Kier molecular flexibility index (Phi) is 4.20. The summed E-state index contributed by atoms with van der Waals surface area (Å²) in [6, 6.07) is 9.31. The molecular formula is C17H26N2O2. The zero-order chi connectivity index (χ0) is 14.9. The molecule has 1 unspecified atom stereocenters. The molecule has 1 aromatic carbocycles. The van der Waals surface area contributed by atoms with Crippen LogP contribution in [0.3, 0.4) is 0 Å². The minimum atomic E-state index is -0.0260. The average Bonchev–Trinajstić information content (AvgIpc) is 2.91. The standard InChI is InChI=1S/C17H26N2O2/c1-18(2)15-6-3-5-14(9-15)16-7-4-8-19(16)10-17(11-20)12-21-13-17/h3,5-6,9,16,20H,4,7-8,10-13H2,1-2H3. The van der Waals surface area contributed by atoms with Crippen molar-refractivity contribution in [3.8, 4) is 0 Å². The van der Waals surface area contributed by atoms with E-state index in [1.807, 2.05) is 0 Å². The third-order valence-corrected chi connectivity index (χ3v) is 4.83. The van der Waals surface area contributed by atoms with Crippen molar-refractivity contribution in [1.29, 1.82) is 0 Å². The molecule has 2 aliphatic rings. The third-order valence-electron chi connectivity index (χ3n) is 4.83. The van der Waals surface area contributed by atoms with Crippen LogP contribution in [0.2, 0.25) is 0 Å². The Morgan fingerprint density at radius 3 is 2.81 bits per heavy atom. The van der Waals surface area contributed by atoms with Crippen LogP contribution in [0.4, 0.5) is 5.69 Å². The van der Waals surface area contributed by atoms with Crippen molar-refractivity contribution in [2.45, 2.75) is 18.9 Å². The molecule has 0 aromatic heterocycles. The van der Waals surface area contributed by atoms with Crippen LogP contribution >= 0.6 is 0 Å². The Bertz CT molecular complexity index is 480. The minimum Gasteiger partial charge on any atom is -0.396 e. The highest BCUT2D eigenvalue weighted by Crippen LogP contribution is 2.37. The van der Waals surface area contributed by atoms with Crippen LogP contribution in [-0.2, 0) is 4.74 Å². The third kappa shape index (κ3) is 2.93. The van der Waals surface area contributed by atoms with E-state index in [0.717, 1.165) is 13.1 Å². The second-order valence-electron chi connectivity index (χ2n) is 6.77. The van der Waals surface area contributed by atoms with Crippen LogP contribution in [0.5, 0.6) is 0 Å². The molecule has 21 heavy (non-hydrogen) atoms. The molecule has 2 saturated heterocycles. The van der Waals surface area contributed by atoms with Gasteiger partial charge in [-0.25, -0.2) is 0 Å². The normalized spacial score (nSPS) is 24.8. The van der Waals surface area contributed by atoms with E-state index in [9.17, 15) is 5.11 Å². The molecule has 116 valence electrons. The topological polar surface area (TPSA) is 35.9 Å². The number of benzene rings is 1. The lowest BCUT2D eigenvalue weighted by Gasteiger charge is -2.43. The van der Waals surface area contributed by atoms with Crippen LogP contribution < -0.4 is 4.90 Å². The second-order valence-corrected chi connectivity index (χ2v) is 6.77. The summed E-state index contributed by atoms with van der Waals surface area (Å²) in [6.07, 6.45) is 2.44. The van der Waals surface area contributed by atoms with Crippen molar-refractivity contribution >= 4 is 5.69 Å². The molecule has 3 rings (SSSR count). The fourth-order valence-corrected chi connectivity index (χ4v) is 3.46. The molecule has 0 aliphatic carbocycles. The first-order chi connectivity index (χ1) is 10.1. The van der Waals surface area contributed by atoms with Crippen LogP contribution in [-0.4, -0.2) is 57.0 Å². The van der Waals surface area contributed by atoms with E-state index >= 15 is 0 Å². The van der Waals surface area contributed by atoms with Gasteiger partial charge in [0, 0.05) is 32.4 Å². The van der Waals surface area contributed by atoms with Gasteiger partial charge in [-0.1, -0.05) is 12.1 Å². The monoisotopic (exact) mass is 290 g/mol. The molecule has 0 saturated carbocycles. The number of hydrogen-bond acceptors (Lipinski definition) is 4. The highest BCUT2D eigenvalue weighted by atomic mass is 16.5. The fourth-order valence-electron chi connectivity index (χ4n) is 3.46. The summed E-state index contributed by atoms with van der Waals surface area (Å²) in [5, 5.41) is 9.66. The van der Waals surface area contributed by atoms with Crippen molar-refractivity contribution in [2.24, 2.45) is 5.41 Å². The Labute approximate surface area is 127 Å². The van der Waals surface area contributed by atoms with Crippen molar-refractivity contribution < 1.29 is 9.84 Å². The lowest BCUT2D eigenvalue weighted by molar-refractivity contribution is -0.149. The van der Waals surface area contributed by atoms with Gasteiger partial charge in [0.1, 0.15) is 0 Å². The maximum Gasteiger partial charge on any atom is 0.0579 e. The largest absolute Gasteiger partial charge is 0.396 e. The molecule has 0 bridgehead atoms. The van der Waals surface area contributed by atoms with Crippen molar-refractivity contribution in [2.75, 3.05) is 51.9 Å². The summed E-state index contributed by atoms with van der Waals surface area (Å²) >= 11 is 0. The van der Waals surface area contributed by atoms with E-state index in [-0.39, 0.29) is 12.0 Å². The van der Waals surface area contributed by atoms with E-state index in [2.05, 4.69) is 48.2 Å². The number of nitrogens with zero attached hydrogens (tertiary/aromatic N) is 2. The van der Waals surface area contributed by atoms with Gasteiger partial charge in [0.15, 0.2) is 0 Å². The predicted molar refractivity (Wildman–Crippen MR) is 84.7 cm³/mol. The summed E-state index contributed by atoms with van der Waals surface area (Å²) in [5.41, 5.74) is 2.62. The average molecular weight is 290 g/mol. The summed E-state index contributed by atoms with van der Waals surface area (Å²) in [4.78, 5) is 4.69.